The molecule has 28 heavy (non-hydrogen) atoms. The number of nitrogens with one attached hydrogen (secondary N) is 1. The monoisotopic (exact) mass is 404 g/mol. The second-order valence-corrected chi connectivity index (χ2v) is 6.68. The molecule has 2 rings (SSSR count). The molecule has 0 spiro atoms. The minimum Gasteiger partial charge on any atom is -0.449 e. The first kappa shape index (κ1) is 21.2. The number of hydrogen-bond donors (Lipinski definition) is 2. The number of ether oxygens (including phenoxy) is 1. The minimum atomic E-state index is -1.16. The Morgan fingerprint density at radius 2 is 1.89 bits per heavy atom. The molecule has 148 valence electrons. The van der Waals surface area contributed by atoms with Gasteiger partial charge in [0.15, 0.2) is 6.10 Å². The van der Waals surface area contributed by atoms with Gasteiger partial charge in [-0.05, 0) is 31.1 Å². The van der Waals surface area contributed by atoms with Crippen molar-refractivity contribution in [2.45, 2.75) is 26.9 Å². The maximum absolute atomic E-state index is 12.1. The van der Waals surface area contributed by atoms with E-state index in [-0.39, 0.29) is 5.92 Å². The van der Waals surface area contributed by atoms with Crippen LogP contribution in [0.1, 0.15) is 25.1 Å². The van der Waals surface area contributed by atoms with E-state index in [0.29, 0.717) is 16.4 Å². The van der Waals surface area contributed by atoms with Crippen LogP contribution in [-0.4, -0.2) is 33.8 Å². The summed E-state index contributed by atoms with van der Waals surface area (Å²) in [5.41, 5.74) is 6.87. The average Bonchev–Trinajstić information content (AvgIpc) is 2.91. The third kappa shape index (κ3) is 5.20. The normalized spacial score (nSPS) is 12.2. The largest absolute Gasteiger partial charge is 0.449 e. The third-order valence-corrected chi connectivity index (χ3v) is 4.15. The van der Waals surface area contributed by atoms with Gasteiger partial charge in [-0.2, -0.15) is 5.10 Å². The number of carbonyl (C=O) groups excluding carboxylic acids is 3. The van der Waals surface area contributed by atoms with E-state index in [4.69, 9.17) is 22.1 Å². The fourth-order valence-corrected chi connectivity index (χ4v) is 2.78. The summed E-state index contributed by atoms with van der Waals surface area (Å²) in [7, 11) is 0. The van der Waals surface area contributed by atoms with Crippen molar-refractivity contribution in [1.82, 2.24) is 15.1 Å². The van der Waals surface area contributed by atoms with E-state index in [1.807, 2.05) is 35.6 Å². The Balaban J connectivity index is 2.17. The fourth-order valence-electron chi connectivity index (χ4n) is 2.44. The van der Waals surface area contributed by atoms with Gasteiger partial charge in [-0.25, -0.2) is 14.3 Å². The summed E-state index contributed by atoms with van der Waals surface area (Å²) in [5.74, 6) is -1.90. The molecule has 0 radical (unpaired) electrons. The number of para-hydroxylation sites is 1. The van der Waals surface area contributed by atoms with Gasteiger partial charge in [-0.15, -0.1) is 0 Å². The van der Waals surface area contributed by atoms with E-state index in [0.717, 1.165) is 11.8 Å². The zero-order valence-electron chi connectivity index (χ0n) is 15.7. The van der Waals surface area contributed by atoms with Gasteiger partial charge in [-0.1, -0.05) is 43.6 Å². The smallest absolute Gasteiger partial charge is 0.331 e. The molecule has 2 aromatic rings. The Hall–Kier alpha value is -3.13. The topological polar surface area (TPSA) is 116 Å². The van der Waals surface area contributed by atoms with Gasteiger partial charge >= 0.3 is 12.0 Å². The predicted octanol–water partition coefficient (Wildman–Crippen LogP) is 2.61. The fraction of sp³-hybridized carbons (Fsp3) is 0.263. The van der Waals surface area contributed by atoms with Crippen LogP contribution in [0.2, 0.25) is 5.15 Å². The molecule has 1 aromatic heterocycles. The molecule has 1 heterocycles. The number of primary amides is 1. The lowest BCUT2D eigenvalue weighted by atomic mass is 10.1. The molecule has 1 atom stereocenters. The number of nitrogens with two attached hydrogens (primary N) is 1. The number of hydrogen-bond acceptors (Lipinski definition) is 5. The Labute approximate surface area is 167 Å². The lowest BCUT2D eigenvalue weighted by Gasteiger charge is -2.18. The number of imide groups is 1. The highest BCUT2D eigenvalue weighted by Crippen LogP contribution is 2.24. The molecule has 3 N–H and O–H groups in total. The van der Waals surface area contributed by atoms with E-state index in [2.05, 4.69) is 5.10 Å². The quantitative estimate of drug-likeness (QED) is 0.567. The molecule has 3 amide bonds. The number of aryl methyl sites for hydroxylation is 1. The van der Waals surface area contributed by atoms with Gasteiger partial charge < -0.3 is 10.5 Å². The lowest BCUT2D eigenvalue weighted by Crippen LogP contribution is -2.45. The summed E-state index contributed by atoms with van der Waals surface area (Å²) in [6.45, 7) is 5.10. The Kier molecular flexibility index (Phi) is 6.94. The summed E-state index contributed by atoms with van der Waals surface area (Å²) in [6.07, 6.45) is 1.46. The van der Waals surface area contributed by atoms with E-state index in [1.54, 1.807) is 25.5 Å². The summed E-state index contributed by atoms with van der Waals surface area (Å²) >= 11 is 6.39. The van der Waals surface area contributed by atoms with Crippen LogP contribution in [0.15, 0.2) is 36.4 Å². The lowest BCUT2D eigenvalue weighted by molar-refractivity contribution is -0.153. The molecular formula is C19H21ClN4O4. The van der Waals surface area contributed by atoms with Crippen LogP contribution in [-0.2, 0) is 14.3 Å². The molecule has 0 aliphatic heterocycles. The van der Waals surface area contributed by atoms with Gasteiger partial charge in [0.1, 0.15) is 5.15 Å². The highest BCUT2D eigenvalue weighted by Gasteiger charge is 2.26. The highest BCUT2D eigenvalue weighted by atomic mass is 35.5. The zero-order valence-corrected chi connectivity index (χ0v) is 16.4. The summed E-state index contributed by atoms with van der Waals surface area (Å²) in [6, 6.07) is 8.29. The molecule has 0 aliphatic carbocycles. The predicted molar refractivity (Wildman–Crippen MR) is 105 cm³/mol. The van der Waals surface area contributed by atoms with Crippen LogP contribution < -0.4 is 11.1 Å². The number of nitrogens with zero attached hydrogens (tertiary/aromatic N) is 2. The van der Waals surface area contributed by atoms with E-state index in [1.165, 1.54) is 6.08 Å². The maximum atomic E-state index is 12.1. The van der Waals surface area contributed by atoms with Crippen LogP contribution in [0.5, 0.6) is 0 Å². The van der Waals surface area contributed by atoms with Crippen molar-refractivity contribution >= 4 is 35.6 Å². The average molecular weight is 405 g/mol. The van der Waals surface area contributed by atoms with Crippen molar-refractivity contribution in [3.05, 3.63) is 52.8 Å². The number of amides is 3. The number of carbonyl (C=O) groups is 3. The molecule has 0 aliphatic rings. The first-order chi connectivity index (χ1) is 13.2. The van der Waals surface area contributed by atoms with Crippen LogP contribution >= 0.6 is 11.6 Å². The summed E-state index contributed by atoms with van der Waals surface area (Å²) in [4.78, 5) is 34.9. The Bertz CT molecular complexity index is 906. The van der Waals surface area contributed by atoms with E-state index < -0.39 is 24.0 Å². The van der Waals surface area contributed by atoms with Crippen molar-refractivity contribution in [2.24, 2.45) is 11.7 Å². The first-order valence-corrected chi connectivity index (χ1v) is 8.88. The molecule has 0 bridgehead atoms. The van der Waals surface area contributed by atoms with Crippen LogP contribution in [0.25, 0.3) is 11.8 Å². The van der Waals surface area contributed by atoms with Crippen LogP contribution in [0.4, 0.5) is 4.79 Å². The first-order valence-electron chi connectivity index (χ1n) is 8.50. The van der Waals surface area contributed by atoms with Crippen molar-refractivity contribution in [2.75, 3.05) is 0 Å². The number of esters is 1. The van der Waals surface area contributed by atoms with Gasteiger partial charge in [-0.3, -0.25) is 10.1 Å². The SMILES string of the molecule is Cc1nn(-c2ccccc2)c(Cl)c1/C=C/C(=O)O[C@H](C(=O)NC(N)=O)C(C)C. The number of halogens is 1. The molecule has 0 fully saturated rings. The van der Waals surface area contributed by atoms with E-state index in [9.17, 15) is 14.4 Å². The highest BCUT2D eigenvalue weighted by molar-refractivity contribution is 6.31. The molecule has 0 unspecified atom stereocenters. The molecule has 9 heteroatoms. The Morgan fingerprint density at radius 1 is 1.25 bits per heavy atom. The van der Waals surface area contributed by atoms with Crippen molar-refractivity contribution in [1.29, 1.82) is 0 Å². The molecule has 8 nitrogen and oxygen atoms in total. The van der Waals surface area contributed by atoms with Crippen molar-refractivity contribution in [3.63, 3.8) is 0 Å². The van der Waals surface area contributed by atoms with Crippen molar-refractivity contribution in [3.8, 4) is 5.69 Å². The number of rotatable bonds is 6. The van der Waals surface area contributed by atoms with Gasteiger partial charge in [0.2, 0.25) is 0 Å². The van der Waals surface area contributed by atoms with Crippen LogP contribution in [0, 0.1) is 12.8 Å². The number of urea groups is 1. The molecule has 0 saturated carbocycles. The maximum Gasteiger partial charge on any atom is 0.331 e. The van der Waals surface area contributed by atoms with Gasteiger partial charge in [0.25, 0.3) is 5.91 Å². The van der Waals surface area contributed by atoms with Gasteiger partial charge in [0, 0.05) is 11.6 Å². The summed E-state index contributed by atoms with van der Waals surface area (Å²) < 4.78 is 6.71. The second-order valence-electron chi connectivity index (χ2n) is 6.33. The second kappa shape index (κ2) is 9.18. The molecule has 0 saturated heterocycles. The third-order valence-electron chi connectivity index (χ3n) is 3.79. The Morgan fingerprint density at radius 3 is 2.46 bits per heavy atom. The molecular weight excluding hydrogens is 384 g/mol. The number of benzene rings is 1. The molecule has 1 aromatic carbocycles. The van der Waals surface area contributed by atoms with Crippen LogP contribution in [0.3, 0.4) is 0 Å². The minimum absolute atomic E-state index is 0.333. The van der Waals surface area contributed by atoms with Crippen molar-refractivity contribution < 1.29 is 19.1 Å². The van der Waals surface area contributed by atoms with Gasteiger partial charge in [0.05, 0.1) is 11.4 Å². The zero-order chi connectivity index (χ0) is 20.8. The number of aromatic nitrogens is 2. The standard InChI is InChI=1S/C19H21ClN4O4/c1-11(2)16(18(26)22-19(21)27)28-15(25)10-9-14-12(3)23-24(17(14)20)13-7-5-4-6-8-13/h4-11,16H,1-3H3,(H3,21,22,26,27)/b10-9+/t16-/m0/s1. The summed E-state index contributed by atoms with van der Waals surface area (Å²) in [5, 5.41) is 6.61. The van der Waals surface area contributed by atoms with E-state index >= 15 is 0 Å².